The van der Waals surface area contributed by atoms with E-state index in [-0.39, 0.29) is 17.0 Å². The Morgan fingerprint density at radius 3 is 2.18 bits per heavy atom. The Morgan fingerprint density at radius 1 is 0.941 bits per heavy atom. The van der Waals surface area contributed by atoms with E-state index in [2.05, 4.69) is 0 Å². The van der Waals surface area contributed by atoms with Crippen LogP contribution in [0.1, 0.15) is 22.8 Å². The number of nitrogens with zero attached hydrogens (tertiary/aromatic N) is 1. The van der Waals surface area contributed by atoms with Gasteiger partial charge in [0.1, 0.15) is 0 Å². The average Bonchev–Trinajstić information content (AvgIpc) is 2.83. The van der Waals surface area contributed by atoms with Gasteiger partial charge in [0.25, 0.3) is 15.9 Å². The highest BCUT2D eigenvalue weighted by Gasteiger charge is 2.27. The minimum atomic E-state index is -4.08. The molecule has 0 spiro atoms. The van der Waals surface area contributed by atoms with Crippen LogP contribution >= 0.6 is 0 Å². The van der Waals surface area contributed by atoms with Gasteiger partial charge in [0.15, 0.2) is 6.10 Å². The number of primary amides is 1. The van der Waals surface area contributed by atoms with Crippen molar-refractivity contribution >= 4 is 33.6 Å². The molecule has 0 radical (unpaired) electrons. The Bertz CT molecular complexity index is 1280. The van der Waals surface area contributed by atoms with E-state index >= 15 is 0 Å². The van der Waals surface area contributed by atoms with Crippen LogP contribution in [0.4, 0.5) is 10.5 Å². The molecule has 3 amide bonds. The van der Waals surface area contributed by atoms with Crippen molar-refractivity contribution < 1.29 is 27.5 Å². The second-order valence-corrected chi connectivity index (χ2v) is 9.12. The zero-order chi connectivity index (χ0) is 24.7. The highest BCUT2D eigenvalue weighted by atomic mass is 32.2. The Morgan fingerprint density at radius 2 is 1.56 bits per heavy atom. The molecule has 9 nitrogen and oxygen atoms in total. The van der Waals surface area contributed by atoms with Crippen molar-refractivity contribution in [3.05, 3.63) is 96.1 Å². The first-order valence-corrected chi connectivity index (χ1v) is 11.7. The maximum Gasteiger partial charge on any atom is 0.338 e. The lowest BCUT2D eigenvalue weighted by Crippen LogP contribution is -2.42. The molecule has 0 aliphatic heterocycles. The molecule has 3 rings (SSSR count). The molecule has 0 aliphatic carbocycles. The lowest BCUT2D eigenvalue weighted by Gasteiger charge is -2.25. The van der Waals surface area contributed by atoms with Crippen LogP contribution in [0.5, 0.6) is 0 Å². The molecule has 0 fully saturated rings. The van der Waals surface area contributed by atoms with Gasteiger partial charge in [0, 0.05) is 0 Å². The van der Waals surface area contributed by atoms with Gasteiger partial charge in [0.2, 0.25) is 0 Å². The first-order valence-electron chi connectivity index (χ1n) is 10.2. The second-order valence-electron chi connectivity index (χ2n) is 7.26. The molecule has 1 atom stereocenters. The summed E-state index contributed by atoms with van der Waals surface area (Å²) in [6, 6.07) is 21.9. The van der Waals surface area contributed by atoms with E-state index in [0.717, 1.165) is 5.56 Å². The molecule has 0 saturated carbocycles. The molecule has 0 heterocycles. The number of urea groups is 1. The number of imide groups is 1. The number of carbonyl (C=O) groups is 3. The summed E-state index contributed by atoms with van der Waals surface area (Å²) in [5.74, 6) is -1.83. The molecule has 3 aromatic carbocycles. The summed E-state index contributed by atoms with van der Waals surface area (Å²) in [6.45, 7) is 1.33. The van der Waals surface area contributed by atoms with E-state index < -0.39 is 34.0 Å². The maximum atomic E-state index is 13.6. The van der Waals surface area contributed by atoms with Gasteiger partial charge in [-0.25, -0.2) is 18.0 Å². The van der Waals surface area contributed by atoms with Crippen molar-refractivity contribution in [2.75, 3.05) is 4.31 Å². The van der Waals surface area contributed by atoms with E-state index in [1.165, 1.54) is 35.5 Å². The minimum absolute atomic E-state index is 0.0756. The summed E-state index contributed by atoms with van der Waals surface area (Å²) in [7, 11) is -4.08. The van der Waals surface area contributed by atoms with Gasteiger partial charge >= 0.3 is 12.0 Å². The van der Waals surface area contributed by atoms with Gasteiger partial charge in [-0.05, 0) is 42.8 Å². The first kappa shape index (κ1) is 24.5. The fourth-order valence-electron chi connectivity index (χ4n) is 3.07. The molecular formula is C24H23N3O6S. The monoisotopic (exact) mass is 481 g/mol. The summed E-state index contributed by atoms with van der Waals surface area (Å²) in [4.78, 5) is 35.0. The molecule has 176 valence electrons. The number of anilines is 1. The number of rotatable bonds is 8. The van der Waals surface area contributed by atoms with Crippen molar-refractivity contribution in [2.45, 2.75) is 24.5 Å². The fourth-order valence-corrected chi connectivity index (χ4v) is 4.57. The van der Waals surface area contributed by atoms with E-state index in [4.69, 9.17) is 10.5 Å². The number of esters is 1. The van der Waals surface area contributed by atoms with Gasteiger partial charge in [-0.15, -0.1) is 0 Å². The quantitative estimate of drug-likeness (QED) is 0.475. The standard InChI is InChI=1S/C24H23N3O6S/c1-17(22(28)26-24(25)30)33-23(29)19-11-8-14-21(15-19)34(31,32)27(20-12-6-3-7-13-20)16-18-9-4-2-5-10-18/h2-15,17H,16H2,1H3,(H3,25,26,28,30)/t17-/m0/s1. The van der Waals surface area contributed by atoms with Crippen molar-refractivity contribution in [1.29, 1.82) is 0 Å². The van der Waals surface area contributed by atoms with Crippen LogP contribution < -0.4 is 15.4 Å². The topological polar surface area (TPSA) is 136 Å². The number of sulfonamides is 1. The Labute approximate surface area is 197 Å². The van der Waals surface area contributed by atoms with E-state index in [1.807, 2.05) is 35.6 Å². The third-order valence-electron chi connectivity index (χ3n) is 4.77. The number of para-hydroxylation sites is 1. The zero-order valence-corrected chi connectivity index (χ0v) is 19.1. The predicted octanol–water partition coefficient (Wildman–Crippen LogP) is 2.82. The van der Waals surface area contributed by atoms with E-state index in [9.17, 15) is 22.8 Å². The molecule has 3 N–H and O–H groups in total. The Balaban J connectivity index is 1.91. The van der Waals surface area contributed by atoms with Gasteiger partial charge in [-0.1, -0.05) is 54.6 Å². The van der Waals surface area contributed by atoms with Crippen LogP contribution in [-0.4, -0.2) is 32.4 Å². The number of nitrogens with two attached hydrogens (primary N) is 1. The lowest BCUT2D eigenvalue weighted by atomic mass is 10.2. The Hall–Kier alpha value is -4.18. The molecule has 0 aliphatic rings. The van der Waals surface area contributed by atoms with Gasteiger partial charge in [-0.3, -0.25) is 14.4 Å². The molecule has 0 aromatic heterocycles. The van der Waals surface area contributed by atoms with Crippen LogP contribution in [0.3, 0.4) is 0 Å². The summed E-state index contributed by atoms with van der Waals surface area (Å²) in [5, 5.41) is 1.81. The molecule has 10 heteroatoms. The molecular weight excluding hydrogens is 458 g/mol. The number of amides is 3. The van der Waals surface area contributed by atoms with Gasteiger partial charge in [0.05, 0.1) is 22.7 Å². The van der Waals surface area contributed by atoms with Crippen molar-refractivity contribution in [3.63, 3.8) is 0 Å². The number of hydrogen-bond donors (Lipinski definition) is 2. The third-order valence-corrected chi connectivity index (χ3v) is 6.54. The molecule has 3 aromatic rings. The highest BCUT2D eigenvalue weighted by molar-refractivity contribution is 7.92. The van der Waals surface area contributed by atoms with Crippen LogP contribution in [0.2, 0.25) is 0 Å². The molecule has 34 heavy (non-hydrogen) atoms. The number of hydrogen-bond acceptors (Lipinski definition) is 6. The van der Waals surface area contributed by atoms with Crippen molar-refractivity contribution in [1.82, 2.24) is 5.32 Å². The first-order chi connectivity index (χ1) is 16.2. The van der Waals surface area contributed by atoms with Crippen LogP contribution in [0, 0.1) is 0 Å². The summed E-state index contributed by atoms with van der Waals surface area (Å²) in [6.07, 6.45) is -1.32. The SMILES string of the molecule is C[C@H](OC(=O)c1cccc(S(=O)(=O)N(Cc2ccccc2)c2ccccc2)c1)C(=O)NC(N)=O. The van der Waals surface area contributed by atoms with E-state index in [0.29, 0.717) is 5.69 Å². The van der Waals surface area contributed by atoms with Gasteiger partial charge < -0.3 is 10.5 Å². The number of benzene rings is 3. The summed E-state index contributed by atoms with van der Waals surface area (Å²) >= 11 is 0. The van der Waals surface area contributed by atoms with E-state index in [1.54, 1.807) is 30.3 Å². The van der Waals surface area contributed by atoms with Crippen molar-refractivity contribution in [3.8, 4) is 0 Å². The lowest BCUT2D eigenvalue weighted by molar-refractivity contribution is -0.127. The average molecular weight is 482 g/mol. The summed E-state index contributed by atoms with van der Waals surface area (Å²) < 4.78 is 33.5. The zero-order valence-electron chi connectivity index (χ0n) is 18.2. The maximum absolute atomic E-state index is 13.6. The molecule has 0 bridgehead atoms. The molecule has 0 saturated heterocycles. The third kappa shape index (κ3) is 5.99. The van der Waals surface area contributed by atoms with Crippen molar-refractivity contribution in [2.24, 2.45) is 5.73 Å². The smallest absolute Gasteiger partial charge is 0.338 e. The minimum Gasteiger partial charge on any atom is -0.449 e. The largest absolute Gasteiger partial charge is 0.449 e. The molecule has 0 unspecified atom stereocenters. The predicted molar refractivity (Wildman–Crippen MR) is 125 cm³/mol. The Kier molecular flexibility index (Phi) is 7.64. The van der Waals surface area contributed by atoms with Gasteiger partial charge in [-0.2, -0.15) is 0 Å². The number of ether oxygens (including phenoxy) is 1. The second kappa shape index (κ2) is 10.6. The number of carbonyl (C=O) groups excluding carboxylic acids is 3. The van der Waals surface area contributed by atoms with Crippen LogP contribution in [0.25, 0.3) is 0 Å². The highest BCUT2D eigenvalue weighted by Crippen LogP contribution is 2.26. The van der Waals surface area contributed by atoms with Crippen LogP contribution in [-0.2, 0) is 26.1 Å². The summed E-state index contributed by atoms with van der Waals surface area (Å²) in [5.41, 5.74) is 6.05. The normalized spacial score (nSPS) is 11.8. The number of nitrogens with one attached hydrogen (secondary N) is 1. The van der Waals surface area contributed by atoms with Crippen LogP contribution in [0.15, 0.2) is 89.8 Å². The fraction of sp³-hybridized carbons (Fsp3) is 0.125.